The van der Waals surface area contributed by atoms with Crippen LogP contribution < -0.4 is 0 Å². The summed E-state index contributed by atoms with van der Waals surface area (Å²) in [6, 6.07) is 9.16. The summed E-state index contributed by atoms with van der Waals surface area (Å²) in [6.07, 6.45) is 1.48. The Bertz CT molecular complexity index is 953. The molecular weight excluding hydrogens is 400 g/mol. The number of aromatic nitrogens is 3. The number of hydrogen-bond donors (Lipinski definition) is 0. The highest BCUT2D eigenvalue weighted by Crippen LogP contribution is 2.30. The van der Waals surface area contributed by atoms with Gasteiger partial charge in [-0.05, 0) is 51.4 Å². The Hall–Kier alpha value is -2.29. The second kappa shape index (κ2) is 8.81. The minimum atomic E-state index is -0.426. The van der Waals surface area contributed by atoms with Crippen molar-refractivity contribution in [2.24, 2.45) is 0 Å². The van der Waals surface area contributed by atoms with Crippen molar-refractivity contribution in [2.75, 3.05) is 21.2 Å². The summed E-state index contributed by atoms with van der Waals surface area (Å²) in [4.78, 5) is 13.9. The molecule has 9 heteroatoms. The number of methoxy groups -OCH3 is 1. The van der Waals surface area contributed by atoms with E-state index in [1.807, 2.05) is 42.9 Å². The maximum absolute atomic E-state index is 11.9. The summed E-state index contributed by atoms with van der Waals surface area (Å²) in [5.41, 5.74) is 1.32. The molecule has 0 saturated carbocycles. The van der Waals surface area contributed by atoms with Gasteiger partial charge in [-0.1, -0.05) is 23.4 Å². The number of ether oxygens (including phenoxy) is 1. The molecule has 0 bridgehead atoms. The number of carbonyl (C=O) groups excluding carboxylic acids is 1. The van der Waals surface area contributed by atoms with Crippen LogP contribution in [-0.4, -0.2) is 46.8 Å². The largest absolute Gasteiger partial charge is 0.468 e. The van der Waals surface area contributed by atoms with Crippen molar-refractivity contribution in [1.82, 2.24) is 19.7 Å². The maximum atomic E-state index is 11.9. The second-order valence-electron chi connectivity index (χ2n) is 6.33. The number of esters is 1. The summed E-state index contributed by atoms with van der Waals surface area (Å²) in [5.74, 6) is 1.33. The van der Waals surface area contributed by atoms with E-state index in [0.29, 0.717) is 27.3 Å². The van der Waals surface area contributed by atoms with E-state index >= 15 is 0 Å². The zero-order valence-electron chi connectivity index (χ0n) is 16.0. The van der Waals surface area contributed by atoms with E-state index in [4.69, 9.17) is 20.8 Å². The quantitative estimate of drug-likeness (QED) is 0.418. The number of benzene rings is 1. The molecule has 0 fully saturated rings. The van der Waals surface area contributed by atoms with E-state index in [1.165, 1.54) is 25.1 Å². The van der Waals surface area contributed by atoms with Gasteiger partial charge >= 0.3 is 5.97 Å². The van der Waals surface area contributed by atoms with Gasteiger partial charge in [0.1, 0.15) is 11.3 Å². The molecule has 1 unspecified atom stereocenters. The molecule has 2 aromatic heterocycles. The Morgan fingerprint density at radius 1 is 1.29 bits per heavy atom. The number of halogens is 1. The van der Waals surface area contributed by atoms with Crippen LogP contribution in [0.5, 0.6) is 0 Å². The molecule has 0 aliphatic carbocycles. The van der Waals surface area contributed by atoms with Gasteiger partial charge in [-0.3, -0.25) is 9.47 Å². The lowest BCUT2D eigenvalue weighted by molar-refractivity contribution is 0.0598. The highest BCUT2D eigenvalue weighted by molar-refractivity contribution is 7.98. The number of carbonyl (C=O) groups is 1. The highest BCUT2D eigenvalue weighted by atomic mass is 35.5. The Labute approximate surface area is 172 Å². The van der Waals surface area contributed by atoms with Gasteiger partial charge in [0.2, 0.25) is 0 Å². The maximum Gasteiger partial charge on any atom is 0.341 e. The fourth-order valence-corrected chi connectivity index (χ4v) is 3.62. The van der Waals surface area contributed by atoms with Crippen molar-refractivity contribution in [3.63, 3.8) is 0 Å². The Balaban J connectivity index is 1.94. The van der Waals surface area contributed by atoms with Crippen LogP contribution in [0, 0.1) is 0 Å². The first-order valence-corrected chi connectivity index (χ1v) is 9.94. The SMILES string of the molecule is COC(=O)c1ccoc1CSc1nnc(C(C)N(C)C)n1-c1ccc(Cl)cc1. The molecule has 0 spiro atoms. The average Bonchev–Trinajstić information content (AvgIpc) is 3.32. The topological polar surface area (TPSA) is 73.4 Å². The third-order valence-corrected chi connectivity index (χ3v) is 5.56. The van der Waals surface area contributed by atoms with E-state index < -0.39 is 5.97 Å². The zero-order valence-corrected chi connectivity index (χ0v) is 17.6. The molecule has 3 rings (SSSR count). The van der Waals surface area contributed by atoms with E-state index in [1.54, 1.807) is 6.07 Å². The van der Waals surface area contributed by atoms with Crippen molar-refractivity contribution in [3.8, 4) is 5.69 Å². The van der Waals surface area contributed by atoms with Gasteiger partial charge in [0, 0.05) is 10.7 Å². The fraction of sp³-hybridized carbons (Fsp3) is 0.316. The van der Waals surface area contributed by atoms with E-state index in [9.17, 15) is 4.79 Å². The fourth-order valence-electron chi connectivity index (χ4n) is 2.58. The summed E-state index contributed by atoms with van der Waals surface area (Å²) < 4.78 is 12.2. The molecule has 1 atom stereocenters. The van der Waals surface area contributed by atoms with Gasteiger partial charge in [-0.15, -0.1) is 10.2 Å². The predicted octanol–water partition coefficient (Wildman–Crippen LogP) is 4.22. The van der Waals surface area contributed by atoms with Gasteiger partial charge in [0.15, 0.2) is 11.0 Å². The summed E-state index contributed by atoms with van der Waals surface area (Å²) in [6.45, 7) is 2.06. The number of nitrogens with zero attached hydrogens (tertiary/aromatic N) is 4. The second-order valence-corrected chi connectivity index (χ2v) is 7.71. The zero-order chi connectivity index (χ0) is 20.3. The number of rotatable bonds is 7. The predicted molar refractivity (Wildman–Crippen MR) is 108 cm³/mol. The molecule has 0 aliphatic rings. The van der Waals surface area contributed by atoms with Crippen LogP contribution in [-0.2, 0) is 10.5 Å². The average molecular weight is 421 g/mol. The van der Waals surface area contributed by atoms with Crippen molar-refractivity contribution in [3.05, 3.63) is 58.8 Å². The van der Waals surface area contributed by atoms with Crippen LogP contribution in [0.2, 0.25) is 5.02 Å². The van der Waals surface area contributed by atoms with E-state index in [-0.39, 0.29) is 6.04 Å². The Morgan fingerprint density at radius 3 is 2.64 bits per heavy atom. The molecule has 7 nitrogen and oxygen atoms in total. The van der Waals surface area contributed by atoms with Gasteiger partial charge in [-0.25, -0.2) is 4.79 Å². The monoisotopic (exact) mass is 420 g/mol. The molecule has 0 radical (unpaired) electrons. The van der Waals surface area contributed by atoms with Crippen molar-refractivity contribution in [2.45, 2.75) is 23.9 Å². The summed E-state index contributed by atoms with van der Waals surface area (Å²) >= 11 is 7.48. The number of thioether (sulfide) groups is 1. The van der Waals surface area contributed by atoms with Crippen molar-refractivity contribution < 1.29 is 13.9 Å². The summed E-state index contributed by atoms with van der Waals surface area (Å²) in [7, 11) is 5.33. The number of hydrogen-bond acceptors (Lipinski definition) is 7. The van der Waals surface area contributed by atoms with Crippen LogP contribution in [0.15, 0.2) is 46.2 Å². The van der Waals surface area contributed by atoms with Gasteiger partial charge in [-0.2, -0.15) is 0 Å². The molecule has 0 N–H and O–H groups in total. The third kappa shape index (κ3) is 4.24. The van der Waals surface area contributed by atoms with E-state index in [2.05, 4.69) is 22.0 Å². The molecular formula is C19H21ClN4O3S. The molecule has 0 amide bonds. The third-order valence-electron chi connectivity index (χ3n) is 4.37. The first-order chi connectivity index (χ1) is 13.4. The minimum Gasteiger partial charge on any atom is -0.468 e. The van der Waals surface area contributed by atoms with Gasteiger partial charge in [0.25, 0.3) is 0 Å². The van der Waals surface area contributed by atoms with Crippen molar-refractivity contribution >= 4 is 29.3 Å². The molecule has 2 heterocycles. The van der Waals surface area contributed by atoms with Crippen LogP contribution >= 0.6 is 23.4 Å². The molecule has 0 aliphatic heterocycles. The Kier molecular flexibility index (Phi) is 6.43. The van der Waals surface area contributed by atoms with Gasteiger partial charge < -0.3 is 9.15 Å². The van der Waals surface area contributed by atoms with Crippen molar-refractivity contribution in [1.29, 1.82) is 0 Å². The molecule has 1 aromatic carbocycles. The molecule has 0 saturated heterocycles. The van der Waals surface area contributed by atoms with Crippen LogP contribution in [0.4, 0.5) is 0 Å². The number of furan rings is 1. The molecule has 3 aromatic rings. The Morgan fingerprint density at radius 2 is 2.00 bits per heavy atom. The normalized spacial score (nSPS) is 12.4. The standard InChI is InChI=1S/C19H21ClN4O3S/c1-12(23(2)3)17-21-22-19(24(17)14-7-5-13(20)6-8-14)28-11-16-15(9-10-27-16)18(25)26-4/h5-10,12H,11H2,1-4H3. The van der Waals surface area contributed by atoms with Crippen LogP contribution in [0.3, 0.4) is 0 Å². The van der Waals surface area contributed by atoms with Gasteiger partial charge in [0.05, 0.1) is 25.2 Å². The minimum absolute atomic E-state index is 0.0479. The molecule has 28 heavy (non-hydrogen) atoms. The first kappa shape index (κ1) is 20.4. The lowest BCUT2D eigenvalue weighted by atomic mass is 10.2. The molecule has 148 valence electrons. The smallest absolute Gasteiger partial charge is 0.341 e. The lowest BCUT2D eigenvalue weighted by Crippen LogP contribution is -2.20. The first-order valence-electron chi connectivity index (χ1n) is 8.57. The highest BCUT2D eigenvalue weighted by Gasteiger charge is 2.22. The van der Waals surface area contributed by atoms with Crippen LogP contribution in [0.25, 0.3) is 5.69 Å². The van der Waals surface area contributed by atoms with E-state index in [0.717, 1.165) is 11.5 Å². The van der Waals surface area contributed by atoms with Crippen LogP contribution in [0.1, 0.15) is 34.9 Å². The summed E-state index contributed by atoms with van der Waals surface area (Å²) in [5, 5.41) is 10.1. The lowest BCUT2D eigenvalue weighted by Gasteiger charge is -2.20.